The zero-order valence-electron chi connectivity index (χ0n) is 21.2. The molecule has 0 saturated heterocycles. The number of aromatic nitrogens is 1. The van der Waals surface area contributed by atoms with Crippen LogP contribution >= 0.6 is 0 Å². The second kappa shape index (κ2) is 7.69. The lowest BCUT2D eigenvalue weighted by atomic mass is 9.94. The Kier molecular flexibility index (Phi) is 4.11. The van der Waals surface area contributed by atoms with Gasteiger partial charge in [-0.15, -0.1) is 0 Å². The lowest BCUT2D eigenvalue weighted by molar-refractivity contribution is 1.37. The predicted octanol–water partition coefficient (Wildman–Crippen LogP) is 10.5. The first kappa shape index (κ1) is 20.9. The van der Waals surface area contributed by atoms with Crippen LogP contribution in [-0.4, -0.2) is 4.40 Å². The molecule has 2 heterocycles. The van der Waals surface area contributed by atoms with E-state index in [1.54, 1.807) is 0 Å². The highest BCUT2D eigenvalue weighted by molar-refractivity contribution is 6.25. The number of fused-ring (bicyclic) bond motifs is 8. The van der Waals surface area contributed by atoms with Gasteiger partial charge in [0.15, 0.2) is 0 Å². The molecule has 0 atom stereocenters. The van der Waals surface area contributed by atoms with Crippen molar-refractivity contribution >= 4 is 59.6 Å². The third-order valence-electron chi connectivity index (χ3n) is 8.50. The van der Waals surface area contributed by atoms with Crippen LogP contribution in [-0.2, 0) is 0 Å². The highest BCUT2D eigenvalue weighted by atomic mass is 14.9. The van der Waals surface area contributed by atoms with E-state index < -0.39 is 0 Å². The maximum absolute atomic E-state index is 2.47. The lowest BCUT2D eigenvalue weighted by Gasteiger charge is -2.09. The normalized spacial score (nSPS) is 12.1. The van der Waals surface area contributed by atoms with Crippen molar-refractivity contribution in [1.29, 1.82) is 0 Å². The zero-order valence-corrected chi connectivity index (χ0v) is 21.2. The van der Waals surface area contributed by atoms with Crippen molar-refractivity contribution in [3.63, 3.8) is 0 Å². The van der Waals surface area contributed by atoms with Crippen LogP contribution in [0.2, 0.25) is 0 Å². The van der Waals surface area contributed by atoms with Gasteiger partial charge in [-0.25, -0.2) is 0 Å². The molecule has 9 aromatic rings. The van der Waals surface area contributed by atoms with Crippen molar-refractivity contribution in [3.05, 3.63) is 140 Å². The monoisotopic (exact) mass is 493 g/mol. The Balaban J connectivity index is 1.42. The molecule has 0 aliphatic heterocycles. The van der Waals surface area contributed by atoms with E-state index in [1.807, 2.05) is 0 Å². The van der Waals surface area contributed by atoms with Crippen LogP contribution in [0.1, 0.15) is 0 Å². The largest absolute Gasteiger partial charge is 0.308 e. The van der Waals surface area contributed by atoms with Crippen LogP contribution in [0.4, 0.5) is 0 Å². The van der Waals surface area contributed by atoms with Gasteiger partial charge in [0.1, 0.15) is 0 Å². The topological polar surface area (TPSA) is 4.41 Å². The van der Waals surface area contributed by atoms with Crippen LogP contribution in [0.15, 0.2) is 140 Å². The van der Waals surface area contributed by atoms with E-state index in [0.717, 1.165) is 0 Å². The molecule has 180 valence electrons. The van der Waals surface area contributed by atoms with Gasteiger partial charge in [0.25, 0.3) is 0 Å². The van der Waals surface area contributed by atoms with E-state index in [2.05, 4.69) is 144 Å². The first-order valence-electron chi connectivity index (χ1n) is 13.5. The van der Waals surface area contributed by atoms with Crippen LogP contribution in [0.5, 0.6) is 0 Å². The van der Waals surface area contributed by atoms with Gasteiger partial charge >= 0.3 is 0 Å². The maximum Gasteiger partial charge on any atom is 0.0620 e. The van der Waals surface area contributed by atoms with Crippen molar-refractivity contribution in [2.75, 3.05) is 0 Å². The van der Waals surface area contributed by atoms with Crippen LogP contribution in [0.25, 0.3) is 81.9 Å². The molecule has 0 radical (unpaired) electrons. The molecule has 0 bridgehead atoms. The number of hydrogen-bond donors (Lipinski definition) is 0. The van der Waals surface area contributed by atoms with E-state index in [4.69, 9.17) is 0 Å². The first-order chi connectivity index (χ1) is 19.3. The van der Waals surface area contributed by atoms with E-state index in [0.29, 0.717) is 0 Å². The molecule has 0 spiro atoms. The van der Waals surface area contributed by atoms with Gasteiger partial charge in [-0.05, 0) is 74.1 Å². The summed E-state index contributed by atoms with van der Waals surface area (Å²) in [5.41, 5.74) is 8.91. The summed E-state index contributed by atoms with van der Waals surface area (Å²) < 4.78 is 2.47. The molecule has 39 heavy (non-hydrogen) atoms. The van der Waals surface area contributed by atoms with E-state index in [9.17, 15) is 0 Å². The minimum atomic E-state index is 1.25. The highest BCUT2D eigenvalue weighted by Crippen LogP contribution is 2.43. The second-order valence-electron chi connectivity index (χ2n) is 10.6. The van der Waals surface area contributed by atoms with Gasteiger partial charge in [-0.1, -0.05) is 109 Å². The Morgan fingerprint density at radius 2 is 0.846 bits per heavy atom. The molecule has 0 saturated carbocycles. The Morgan fingerprint density at radius 1 is 0.333 bits per heavy atom. The molecule has 0 aliphatic rings. The summed E-state index contributed by atoms with van der Waals surface area (Å²) in [7, 11) is 0. The quantitative estimate of drug-likeness (QED) is 0.226. The average Bonchev–Trinajstić information content (AvgIpc) is 3.51. The maximum atomic E-state index is 2.47. The van der Waals surface area contributed by atoms with E-state index >= 15 is 0 Å². The summed E-state index contributed by atoms with van der Waals surface area (Å²) >= 11 is 0. The fourth-order valence-electron chi connectivity index (χ4n) is 6.78. The van der Waals surface area contributed by atoms with Gasteiger partial charge < -0.3 is 4.40 Å². The van der Waals surface area contributed by atoms with Crippen LogP contribution in [0, 0.1) is 0 Å². The fraction of sp³-hybridized carbons (Fsp3) is 0. The summed E-state index contributed by atoms with van der Waals surface area (Å²) in [6.07, 6.45) is 0. The van der Waals surface area contributed by atoms with Gasteiger partial charge in [-0.2, -0.15) is 0 Å². The first-order valence-corrected chi connectivity index (χ1v) is 13.5. The highest BCUT2D eigenvalue weighted by Gasteiger charge is 2.20. The Bertz CT molecular complexity index is 2380. The van der Waals surface area contributed by atoms with Crippen molar-refractivity contribution < 1.29 is 0 Å². The molecule has 2 aromatic heterocycles. The van der Waals surface area contributed by atoms with Gasteiger partial charge in [0.2, 0.25) is 0 Å². The van der Waals surface area contributed by atoms with Crippen molar-refractivity contribution in [2.45, 2.75) is 0 Å². The number of rotatable bonds is 2. The minimum absolute atomic E-state index is 1.25. The Morgan fingerprint density at radius 3 is 1.56 bits per heavy atom. The SMILES string of the molecule is c1ccc2c(-c3ccc4c(c3)c3cc(-c5cccc6ccccc56)cc5c6ccccc6n4c53)cccc2c1. The standard InChI is InChI=1S/C38H23N/c1-3-13-28-24(9-1)11-7-16-30(28)26-19-20-37-33(21-26)35-23-27(31-17-8-12-25-10-2-4-14-29(25)31)22-34-32-15-5-6-18-36(32)39(37)38(34)35/h1-23H. The third-order valence-corrected chi connectivity index (χ3v) is 8.50. The number of nitrogens with zero attached hydrogens (tertiary/aromatic N) is 1. The van der Waals surface area contributed by atoms with Crippen LogP contribution < -0.4 is 0 Å². The molecule has 1 nitrogen and oxygen atoms in total. The molecule has 0 amide bonds. The van der Waals surface area contributed by atoms with Gasteiger partial charge in [0.05, 0.1) is 16.6 Å². The molecular weight excluding hydrogens is 470 g/mol. The molecule has 1 heteroatoms. The van der Waals surface area contributed by atoms with E-state index in [1.165, 1.54) is 81.9 Å². The molecule has 0 aliphatic carbocycles. The summed E-state index contributed by atoms with van der Waals surface area (Å²) in [5, 5.41) is 10.3. The smallest absolute Gasteiger partial charge is 0.0620 e. The second-order valence-corrected chi connectivity index (χ2v) is 10.6. The summed E-state index contributed by atoms with van der Waals surface area (Å²) in [5.74, 6) is 0. The predicted molar refractivity (Wildman–Crippen MR) is 167 cm³/mol. The number of para-hydroxylation sites is 1. The molecular formula is C38H23N. The molecule has 7 aromatic carbocycles. The molecule has 0 unspecified atom stereocenters. The Hall–Kier alpha value is -5.14. The van der Waals surface area contributed by atoms with Crippen molar-refractivity contribution in [3.8, 4) is 22.3 Å². The molecule has 0 fully saturated rings. The third kappa shape index (κ3) is 2.85. The fourth-order valence-corrected chi connectivity index (χ4v) is 6.78. The van der Waals surface area contributed by atoms with Gasteiger partial charge in [0, 0.05) is 21.5 Å². The minimum Gasteiger partial charge on any atom is -0.308 e. The molecule has 9 rings (SSSR count). The van der Waals surface area contributed by atoms with Crippen molar-refractivity contribution in [1.82, 2.24) is 4.40 Å². The lowest BCUT2D eigenvalue weighted by Crippen LogP contribution is -1.83. The number of benzene rings is 7. The average molecular weight is 494 g/mol. The van der Waals surface area contributed by atoms with Crippen LogP contribution in [0.3, 0.4) is 0 Å². The zero-order chi connectivity index (χ0) is 25.5. The number of hydrogen-bond acceptors (Lipinski definition) is 0. The van der Waals surface area contributed by atoms with Crippen molar-refractivity contribution in [2.24, 2.45) is 0 Å². The Labute approximate surface area is 225 Å². The summed E-state index contributed by atoms with van der Waals surface area (Å²) in [6, 6.07) is 51.3. The molecule has 0 N–H and O–H groups in total. The summed E-state index contributed by atoms with van der Waals surface area (Å²) in [6.45, 7) is 0. The summed E-state index contributed by atoms with van der Waals surface area (Å²) in [4.78, 5) is 0. The van der Waals surface area contributed by atoms with E-state index in [-0.39, 0.29) is 0 Å². The van der Waals surface area contributed by atoms with Gasteiger partial charge in [-0.3, -0.25) is 0 Å².